The van der Waals surface area contributed by atoms with Crippen molar-refractivity contribution in [3.8, 4) is 0 Å². The summed E-state index contributed by atoms with van der Waals surface area (Å²) in [4.78, 5) is 25.9. The van der Waals surface area contributed by atoms with Crippen molar-refractivity contribution in [2.24, 2.45) is 0 Å². The molecular weight excluding hydrogens is 248 g/mol. The Morgan fingerprint density at radius 2 is 1.94 bits per heavy atom. The Balaban J connectivity index is 2.24. The minimum Gasteiger partial charge on any atom is -0.321 e. The molecule has 0 aliphatic heterocycles. The summed E-state index contributed by atoms with van der Waals surface area (Å²) in [5, 5.41) is 2.79. The quantitative estimate of drug-likeness (QED) is 0.874. The number of H-pyrrole nitrogens is 1. The molecule has 0 aliphatic rings. The van der Waals surface area contributed by atoms with E-state index in [9.17, 15) is 9.59 Å². The first-order valence-electron chi connectivity index (χ1n) is 5.55. The molecule has 1 aromatic heterocycles. The zero-order chi connectivity index (χ0) is 13.3. The molecule has 0 unspecified atom stereocenters. The van der Waals surface area contributed by atoms with Gasteiger partial charge in [0, 0.05) is 11.4 Å². The highest BCUT2D eigenvalue weighted by Gasteiger charge is 2.13. The highest BCUT2D eigenvalue weighted by Crippen LogP contribution is 2.16. The molecule has 2 N–H and O–H groups in total. The fraction of sp³-hybridized carbons (Fsp3) is 0.231. The third-order valence-corrected chi connectivity index (χ3v) is 3.78. The minimum absolute atomic E-state index is 0.210. The summed E-state index contributed by atoms with van der Waals surface area (Å²) in [5.74, 6) is -0.251. The highest BCUT2D eigenvalue weighted by molar-refractivity contribution is 7.11. The molecule has 2 aromatic rings. The van der Waals surface area contributed by atoms with E-state index in [0.717, 1.165) is 22.6 Å². The average molecular weight is 262 g/mol. The highest BCUT2D eigenvalue weighted by atomic mass is 32.1. The van der Waals surface area contributed by atoms with Gasteiger partial charge in [0.15, 0.2) is 0 Å². The number of anilines is 1. The molecule has 18 heavy (non-hydrogen) atoms. The van der Waals surface area contributed by atoms with Gasteiger partial charge in [0.1, 0.15) is 4.88 Å². The van der Waals surface area contributed by atoms with E-state index < -0.39 is 0 Å². The second-order valence-electron chi connectivity index (χ2n) is 4.22. The number of aryl methyl sites for hydroxylation is 3. The molecule has 94 valence electrons. The summed E-state index contributed by atoms with van der Waals surface area (Å²) in [7, 11) is 0. The number of aromatic amines is 1. The first-order chi connectivity index (χ1) is 8.47. The Hall–Kier alpha value is -1.88. The Bertz CT molecular complexity index is 655. The molecule has 5 heteroatoms. The number of carbonyl (C=O) groups is 1. The van der Waals surface area contributed by atoms with Crippen LogP contribution in [0.5, 0.6) is 0 Å². The molecule has 0 aliphatic carbocycles. The summed E-state index contributed by atoms with van der Waals surface area (Å²) < 4.78 is 0. The molecule has 0 atom stereocenters. The molecule has 0 spiro atoms. The summed E-state index contributed by atoms with van der Waals surface area (Å²) in [5.41, 5.74) is 3.64. The van der Waals surface area contributed by atoms with E-state index in [4.69, 9.17) is 0 Å². The molecule has 0 saturated heterocycles. The van der Waals surface area contributed by atoms with E-state index in [-0.39, 0.29) is 10.8 Å². The normalized spacial score (nSPS) is 10.4. The Kier molecular flexibility index (Phi) is 3.34. The zero-order valence-electron chi connectivity index (χ0n) is 10.5. The van der Waals surface area contributed by atoms with Crippen LogP contribution in [0.4, 0.5) is 5.69 Å². The van der Waals surface area contributed by atoms with Crippen LogP contribution in [-0.4, -0.2) is 10.9 Å². The Labute approximate surface area is 109 Å². The van der Waals surface area contributed by atoms with Crippen LogP contribution in [0, 0.1) is 20.8 Å². The maximum atomic E-state index is 12.0. The number of carbonyl (C=O) groups excluding carboxylic acids is 1. The number of hydrogen-bond donors (Lipinski definition) is 2. The minimum atomic E-state index is -0.251. The van der Waals surface area contributed by atoms with Gasteiger partial charge in [-0.05, 0) is 44.0 Å². The van der Waals surface area contributed by atoms with Gasteiger partial charge in [-0.3, -0.25) is 9.59 Å². The molecule has 0 radical (unpaired) electrons. The molecule has 0 saturated carbocycles. The number of thiazole rings is 1. The van der Waals surface area contributed by atoms with Gasteiger partial charge in [0.2, 0.25) is 0 Å². The van der Waals surface area contributed by atoms with Crippen molar-refractivity contribution in [2.45, 2.75) is 20.8 Å². The molecule has 2 rings (SSSR count). The second-order valence-corrected chi connectivity index (χ2v) is 5.20. The maximum Gasteiger partial charge on any atom is 0.305 e. The fourth-order valence-corrected chi connectivity index (χ4v) is 2.37. The second kappa shape index (κ2) is 4.78. The SMILES string of the molecule is Cc1ccc(NC(=O)c2sc(=O)[nH]c2C)cc1C. The van der Waals surface area contributed by atoms with Gasteiger partial charge in [-0.15, -0.1) is 0 Å². The van der Waals surface area contributed by atoms with Gasteiger partial charge in [-0.1, -0.05) is 17.4 Å². The monoisotopic (exact) mass is 262 g/mol. The van der Waals surface area contributed by atoms with Crippen molar-refractivity contribution >= 4 is 22.9 Å². The van der Waals surface area contributed by atoms with Crippen LogP contribution < -0.4 is 10.2 Å². The third-order valence-electron chi connectivity index (χ3n) is 2.80. The van der Waals surface area contributed by atoms with Crippen molar-refractivity contribution in [3.63, 3.8) is 0 Å². The first-order valence-corrected chi connectivity index (χ1v) is 6.37. The first kappa shape index (κ1) is 12.6. The zero-order valence-corrected chi connectivity index (χ0v) is 11.3. The van der Waals surface area contributed by atoms with E-state index in [1.54, 1.807) is 6.92 Å². The van der Waals surface area contributed by atoms with E-state index in [1.807, 2.05) is 32.0 Å². The number of aromatic nitrogens is 1. The van der Waals surface area contributed by atoms with Gasteiger partial charge < -0.3 is 10.3 Å². The van der Waals surface area contributed by atoms with Gasteiger partial charge in [0.05, 0.1) is 0 Å². The van der Waals surface area contributed by atoms with Gasteiger partial charge in [-0.25, -0.2) is 0 Å². The predicted octanol–water partition coefficient (Wildman–Crippen LogP) is 2.61. The van der Waals surface area contributed by atoms with Crippen molar-refractivity contribution in [2.75, 3.05) is 5.32 Å². The summed E-state index contributed by atoms with van der Waals surface area (Å²) in [6.07, 6.45) is 0. The lowest BCUT2D eigenvalue weighted by molar-refractivity contribution is 0.103. The van der Waals surface area contributed by atoms with Gasteiger partial charge >= 0.3 is 4.87 Å². The standard InChI is InChI=1S/C13H14N2O2S/c1-7-4-5-10(6-8(7)2)15-12(16)11-9(3)14-13(17)18-11/h4-6H,1-3H3,(H,14,17)(H,15,16). The van der Waals surface area contributed by atoms with Crippen molar-refractivity contribution in [3.05, 3.63) is 49.6 Å². The van der Waals surface area contributed by atoms with Gasteiger partial charge in [-0.2, -0.15) is 0 Å². The molecule has 1 amide bonds. The molecule has 1 heterocycles. The van der Waals surface area contributed by atoms with Crippen LogP contribution in [0.25, 0.3) is 0 Å². The van der Waals surface area contributed by atoms with Crippen LogP contribution in [0.2, 0.25) is 0 Å². The van der Waals surface area contributed by atoms with Gasteiger partial charge in [0.25, 0.3) is 5.91 Å². The van der Waals surface area contributed by atoms with Crippen LogP contribution in [-0.2, 0) is 0 Å². The summed E-state index contributed by atoms with van der Waals surface area (Å²) in [6.45, 7) is 5.72. The Morgan fingerprint density at radius 1 is 1.22 bits per heavy atom. The fourth-order valence-electron chi connectivity index (χ4n) is 1.63. The van der Waals surface area contributed by atoms with Crippen molar-refractivity contribution in [1.82, 2.24) is 4.98 Å². The van der Waals surface area contributed by atoms with E-state index in [1.165, 1.54) is 5.56 Å². The van der Waals surface area contributed by atoms with Crippen molar-refractivity contribution in [1.29, 1.82) is 0 Å². The van der Waals surface area contributed by atoms with E-state index >= 15 is 0 Å². The molecular formula is C13H14N2O2S. The lowest BCUT2D eigenvalue weighted by atomic mass is 10.1. The number of nitrogens with one attached hydrogen (secondary N) is 2. The molecule has 0 bridgehead atoms. The molecule has 0 fully saturated rings. The topological polar surface area (TPSA) is 62.0 Å². The summed E-state index contributed by atoms with van der Waals surface area (Å²) >= 11 is 0.926. The summed E-state index contributed by atoms with van der Waals surface area (Å²) in [6, 6.07) is 5.72. The largest absolute Gasteiger partial charge is 0.321 e. The predicted molar refractivity (Wildman–Crippen MR) is 73.5 cm³/mol. The maximum absolute atomic E-state index is 12.0. The van der Waals surface area contributed by atoms with E-state index in [0.29, 0.717) is 10.6 Å². The van der Waals surface area contributed by atoms with E-state index in [2.05, 4.69) is 10.3 Å². The molecule has 1 aromatic carbocycles. The number of rotatable bonds is 2. The van der Waals surface area contributed by atoms with Crippen LogP contribution in [0.3, 0.4) is 0 Å². The molecule has 4 nitrogen and oxygen atoms in total. The van der Waals surface area contributed by atoms with Crippen LogP contribution >= 0.6 is 11.3 Å². The third kappa shape index (κ3) is 2.51. The number of hydrogen-bond acceptors (Lipinski definition) is 3. The number of benzene rings is 1. The lowest BCUT2D eigenvalue weighted by Gasteiger charge is -2.06. The average Bonchev–Trinajstić information content (AvgIpc) is 2.63. The lowest BCUT2D eigenvalue weighted by Crippen LogP contribution is -2.11. The van der Waals surface area contributed by atoms with Crippen LogP contribution in [0.1, 0.15) is 26.5 Å². The van der Waals surface area contributed by atoms with Crippen LogP contribution in [0.15, 0.2) is 23.0 Å². The van der Waals surface area contributed by atoms with Crippen molar-refractivity contribution < 1.29 is 4.79 Å². The Morgan fingerprint density at radius 3 is 2.50 bits per heavy atom. The smallest absolute Gasteiger partial charge is 0.305 e. The number of amides is 1.